The van der Waals surface area contributed by atoms with Gasteiger partial charge in [0, 0.05) is 48.5 Å². The van der Waals surface area contributed by atoms with Crippen molar-refractivity contribution in [1.82, 2.24) is 14.7 Å². The number of hydrogen-bond acceptors (Lipinski definition) is 7. The number of benzene rings is 3. The lowest BCUT2D eigenvalue weighted by molar-refractivity contribution is -0.138. The number of hydrogen-bond donors (Lipinski definition) is 1. The number of rotatable bonds is 8. The number of amides is 2. The number of amidine groups is 1. The predicted octanol–water partition coefficient (Wildman–Crippen LogP) is 6.16. The van der Waals surface area contributed by atoms with Gasteiger partial charge >= 0.3 is 12.0 Å². The van der Waals surface area contributed by atoms with Gasteiger partial charge in [0.05, 0.1) is 28.6 Å². The summed E-state index contributed by atoms with van der Waals surface area (Å²) < 4.78 is 31.8. The lowest BCUT2D eigenvalue weighted by Gasteiger charge is -2.47. The van der Waals surface area contributed by atoms with E-state index in [0.29, 0.717) is 28.7 Å². The van der Waals surface area contributed by atoms with Crippen LogP contribution in [0.5, 0.6) is 5.75 Å². The molecular weight excluding hydrogens is 687 g/mol. The van der Waals surface area contributed by atoms with E-state index >= 15 is 0 Å². The summed E-state index contributed by atoms with van der Waals surface area (Å²) in [5, 5.41) is 10.3. The average molecular weight is 722 g/mol. The number of carboxylic acid groups (broad SMARTS) is 1. The number of nitrogens with zero attached hydrogens (tertiary/aromatic N) is 4. The summed E-state index contributed by atoms with van der Waals surface area (Å²) in [5.41, 5.74) is -0.646. The van der Waals surface area contributed by atoms with Crippen LogP contribution in [-0.2, 0) is 25.7 Å². The topological polar surface area (TPSA) is 120 Å². The molecule has 3 aromatic carbocycles. The van der Waals surface area contributed by atoms with Crippen LogP contribution < -0.4 is 4.74 Å². The van der Waals surface area contributed by atoms with Gasteiger partial charge < -0.3 is 14.7 Å². The Hall–Kier alpha value is -3.35. The van der Waals surface area contributed by atoms with Gasteiger partial charge in [0.2, 0.25) is 0 Å². The molecule has 0 aromatic heterocycles. The van der Waals surface area contributed by atoms with E-state index in [2.05, 4.69) is 0 Å². The molecular formula is C33H35Cl3N4O6S. The van der Waals surface area contributed by atoms with E-state index in [1.54, 1.807) is 45.9 Å². The Morgan fingerprint density at radius 3 is 1.98 bits per heavy atom. The van der Waals surface area contributed by atoms with E-state index in [9.17, 15) is 23.1 Å². The number of carbonyl (C=O) groups is 2. The van der Waals surface area contributed by atoms with E-state index in [1.165, 1.54) is 12.1 Å². The van der Waals surface area contributed by atoms with Crippen LogP contribution in [-0.4, -0.2) is 91.6 Å². The molecule has 47 heavy (non-hydrogen) atoms. The molecule has 1 N–H and O–H groups in total. The molecule has 0 bridgehead atoms. The first-order valence-electron chi connectivity index (χ1n) is 14.9. The quantitative estimate of drug-likeness (QED) is 0.296. The van der Waals surface area contributed by atoms with Crippen LogP contribution in [0.25, 0.3) is 0 Å². The van der Waals surface area contributed by atoms with Gasteiger partial charge in [-0.3, -0.25) is 19.6 Å². The van der Waals surface area contributed by atoms with Gasteiger partial charge in [0.25, 0.3) is 0 Å². The number of ether oxygens (including phenoxy) is 1. The van der Waals surface area contributed by atoms with Crippen LogP contribution in [0.2, 0.25) is 15.1 Å². The van der Waals surface area contributed by atoms with Crippen LogP contribution in [0, 0.1) is 0 Å². The van der Waals surface area contributed by atoms with Gasteiger partial charge in [0.1, 0.15) is 22.7 Å². The SMILES string of the molecule is CCOc1cc(Cl)c(S(C)(=O)=O)cc1C1=N[C@@](C)(c2ccc(Cl)cc2)[C@@](C)(c2ccc(Cl)cc2)N1C(=O)N1CCN(CC(=O)O)CC1. The van der Waals surface area contributed by atoms with E-state index in [4.69, 9.17) is 44.5 Å². The number of aliphatic carboxylic acids is 1. The minimum Gasteiger partial charge on any atom is -0.493 e. The Morgan fingerprint density at radius 2 is 1.47 bits per heavy atom. The average Bonchev–Trinajstić information content (AvgIpc) is 3.25. The summed E-state index contributed by atoms with van der Waals surface area (Å²) in [4.78, 5) is 36.5. The molecule has 10 nitrogen and oxygen atoms in total. The van der Waals surface area contributed by atoms with Gasteiger partial charge in [-0.05, 0) is 62.2 Å². The van der Waals surface area contributed by atoms with Crippen molar-refractivity contribution in [3.63, 3.8) is 0 Å². The van der Waals surface area contributed by atoms with Crippen LogP contribution in [0.4, 0.5) is 4.79 Å². The zero-order chi connectivity index (χ0) is 34.3. The Balaban J connectivity index is 1.79. The maximum atomic E-state index is 15.0. The number of sulfone groups is 1. The lowest BCUT2D eigenvalue weighted by atomic mass is 9.71. The second-order valence-electron chi connectivity index (χ2n) is 11.9. The lowest BCUT2D eigenvalue weighted by Crippen LogP contribution is -2.61. The molecule has 2 heterocycles. The van der Waals surface area contributed by atoms with E-state index in [-0.39, 0.29) is 53.3 Å². The molecule has 1 fully saturated rings. The number of carboxylic acids is 1. The maximum absolute atomic E-state index is 15.0. The van der Waals surface area contributed by atoms with Gasteiger partial charge in [-0.2, -0.15) is 0 Å². The number of aliphatic imine (C=N–C) groups is 1. The second kappa shape index (κ2) is 13.3. The predicted molar refractivity (Wildman–Crippen MR) is 183 cm³/mol. The van der Waals surface area contributed by atoms with Crippen molar-refractivity contribution in [3.8, 4) is 5.75 Å². The highest BCUT2D eigenvalue weighted by Crippen LogP contribution is 2.54. The molecule has 2 aliphatic rings. The first-order valence-corrected chi connectivity index (χ1v) is 17.9. The summed E-state index contributed by atoms with van der Waals surface area (Å²) in [7, 11) is -3.80. The summed E-state index contributed by atoms with van der Waals surface area (Å²) in [6.45, 7) is 6.94. The minimum atomic E-state index is -3.80. The van der Waals surface area contributed by atoms with E-state index in [0.717, 1.165) is 11.8 Å². The van der Waals surface area contributed by atoms with Crippen molar-refractivity contribution in [1.29, 1.82) is 0 Å². The molecule has 2 aliphatic heterocycles. The Bertz CT molecular complexity index is 1830. The minimum absolute atomic E-state index is 0.0216. The summed E-state index contributed by atoms with van der Waals surface area (Å²) >= 11 is 19.1. The Labute approximate surface area is 289 Å². The zero-order valence-corrected chi connectivity index (χ0v) is 29.4. The largest absolute Gasteiger partial charge is 0.493 e. The fraction of sp³-hybridized carbons (Fsp3) is 0.364. The molecule has 0 radical (unpaired) electrons. The van der Waals surface area contributed by atoms with Crippen molar-refractivity contribution in [2.75, 3.05) is 45.6 Å². The first kappa shape index (κ1) is 35.0. The maximum Gasteiger partial charge on any atom is 0.326 e. The standard InChI is InChI=1S/C33H35Cl3N4O6S/c1-5-46-27-19-26(36)28(47(4,44)45)18-25(27)30-37-32(2,21-6-10-23(34)11-7-21)33(3,22-8-12-24(35)13-9-22)40(30)31(43)39-16-14-38(15-17-39)20-29(41)42/h6-13,18-19H,5,14-17,20H2,1-4H3,(H,41,42)/t32-,33+/m0/s1. The first-order chi connectivity index (χ1) is 22.1. The van der Waals surface area contributed by atoms with Crippen LogP contribution in [0.3, 0.4) is 0 Å². The second-order valence-corrected chi connectivity index (χ2v) is 15.1. The summed E-state index contributed by atoms with van der Waals surface area (Å²) in [6, 6.07) is 16.8. The molecule has 5 rings (SSSR count). The molecule has 2 atom stereocenters. The van der Waals surface area contributed by atoms with Crippen LogP contribution >= 0.6 is 34.8 Å². The molecule has 1 saturated heterocycles. The smallest absolute Gasteiger partial charge is 0.326 e. The number of carbonyl (C=O) groups excluding carboxylic acids is 1. The van der Waals surface area contributed by atoms with E-state index in [1.807, 2.05) is 38.1 Å². The molecule has 14 heteroatoms. The summed E-state index contributed by atoms with van der Waals surface area (Å²) in [5.74, 6) is -0.505. The highest BCUT2D eigenvalue weighted by atomic mass is 35.5. The monoisotopic (exact) mass is 720 g/mol. The zero-order valence-electron chi connectivity index (χ0n) is 26.3. The normalized spacial score (nSPS) is 21.9. The van der Waals surface area contributed by atoms with Crippen molar-refractivity contribution in [3.05, 3.63) is 92.4 Å². The van der Waals surface area contributed by atoms with Gasteiger partial charge in [0.15, 0.2) is 9.84 Å². The van der Waals surface area contributed by atoms with Crippen molar-refractivity contribution in [2.24, 2.45) is 4.99 Å². The van der Waals surface area contributed by atoms with Crippen LogP contribution in [0.1, 0.15) is 37.5 Å². The van der Waals surface area contributed by atoms with Gasteiger partial charge in [-0.1, -0.05) is 59.1 Å². The molecule has 0 unspecified atom stereocenters. The molecule has 0 spiro atoms. The summed E-state index contributed by atoms with van der Waals surface area (Å²) in [6.07, 6.45) is 1.06. The fourth-order valence-corrected chi connectivity index (χ4v) is 7.84. The fourth-order valence-electron chi connectivity index (χ4n) is 6.27. The molecule has 2 amide bonds. The van der Waals surface area contributed by atoms with E-state index < -0.39 is 32.9 Å². The Kier molecular flexibility index (Phi) is 9.88. The van der Waals surface area contributed by atoms with Crippen molar-refractivity contribution >= 4 is 62.5 Å². The van der Waals surface area contributed by atoms with Crippen molar-refractivity contribution < 1.29 is 27.9 Å². The van der Waals surface area contributed by atoms with Crippen LogP contribution in [0.15, 0.2) is 70.6 Å². The highest BCUT2D eigenvalue weighted by molar-refractivity contribution is 7.90. The molecule has 3 aromatic rings. The van der Waals surface area contributed by atoms with Gasteiger partial charge in [-0.25, -0.2) is 13.2 Å². The molecule has 0 aliphatic carbocycles. The van der Waals surface area contributed by atoms with Gasteiger partial charge in [-0.15, -0.1) is 0 Å². The third kappa shape index (κ3) is 6.56. The third-order valence-corrected chi connectivity index (χ3v) is 11.0. The molecule has 0 saturated carbocycles. The van der Waals surface area contributed by atoms with Crippen molar-refractivity contribution in [2.45, 2.75) is 36.7 Å². The number of piperazine rings is 1. The Morgan fingerprint density at radius 1 is 0.915 bits per heavy atom. The third-order valence-electron chi connectivity index (χ3n) is 8.92. The molecule has 250 valence electrons. The number of halogens is 3. The highest BCUT2D eigenvalue weighted by Gasteiger charge is 2.60. The number of urea groups is 1.